The van der Waals surface area contributed by atoms with Crippen molar-refractivity contribution < 1.29 is 4.79 Å². The summed E-state index contributed by atoms with van der Waals surface area (Å²) in [5.41, 5.74) is 4.01. The van der Waals surface area contributed by atoms with Gasteiger partial charge in [-0.25, -0.2) is 4.98 Å². The number of hydrogen-bond acceptors (Lipinski definition) is 3. The molecule has 116 valence electrons. The highest BCUT2D eigenvalue weighted by Crippen LogP contribution is 2.22. The predicted molar refractivity (Wildman–Crippen MR) is 93.7 cm³/mol. The molecular formula is C19H14N4O. The van der Waals surface area contributed by atoms with Gasteiger partial charge in [0.2, 0.25) is 0 Å². The van der Waals surface area contributed by atoms with Gasteiger partial charge in [-0.05, 0) is 29.3 Å². The molecule has 2 heterocycles. The maximum atomic E-state index is 12.6. The van der Waals surface area contributed by atoms with Gasteiger partial charge in [-0.15, -0.1) is 0 Å². The molecule has 24 heavy (non-hydrogen) atoms. The third-order valence-electron chi connectivity index (χ3n) is 3.83. The molecule has 5 nitrogen and oxygen atoms in total. The number of carbonyl (C=O) groups excluding carboxylic acids is 1. The Morgan fingerprint density at radius 3 is 2.67 bits per heavy atom. The number of carbonyl (C=O) groups is 1. The summed E-state index contributed by atoms with van der Waals surface area (Å²) < 4.78 is 0. The lowest BCUT2D eigenvalue weighted by atomic mass is 10.0. The normalized spacial score (nSPS) is 10.7. The molecule has 0 aliphatic carbocycles. The number of aromatic nitrogens is 3. The Morgan fingerprint density at radius 1 is 0.958 bits per heavy atom. The van der Waals surface area contributed by atoms with E-state index in [4.69, 9.17) is 0 Å². The second kappa shape index (κ2) is 5.96. The summed E-state index contributed by atoms with van der Waals surface area (Å²) in [5.74, 6) is -0.165. The van der Waals surface area contributed by atoms with E-state index in [0.29, 0.717) is 16.9 Å². The van der Waals surface area contributed by atoms with Crippen molar-refractivity contribution in [1.29, 1.82) is 0 Å². The minimum absolute atomic E-state index is 0.165. The van der Waals surface area contributed by atoms with Crippen LogP contribution < -0.4 is 5.32 Å². The summed E-state index contributed by atoms with van der Waals surface area (Å²) in [5, 5.41) is 10.5. The fourth-order valence-electron chi connectivity index (χ4n) is 2.63. The van der Waals surface area contributed by atoms with E-state index in [9.17, 15) is 4.79 Å². The number of H-pyrrole nitrogens is 1. The van der Waals surface area contributed by atoms with Crippen LogP contribution in [0.5, 0.6) is 0 Å². The Labute approximate surface area is 138 Å². The van der Waals surface area contributed by atoms with Crippen molar-refractivity contribution in [3.63, 3.8) is 0 Å². The number of benzene rings is 2. The van der Waals surface area contributed by atoms with Crippen LogP contribution in [-0.2, 0) is 0 Å². The molecule has 0 atom stereocenters. The highest BCUT2D eigenvalue weighted by atomic mass is 16.1. The molecule has 2 N–H and O–H groups in total. The first kappa shape index (κ1) is 14.1. The molecule has 2 aromatic carbocycles. The number of aromatic amines is 1. The third-order valence-corrected chi connectivity index (χ3v) is 3.83. The SMILES string of the molecule is O=C(Nc1ccnc2[nH]ncc12)c1cccc(-c2ccccc2)c1. The van der Waals surface area contributed by atoms with E-state index in [1.807, 2.05) is 48.5 Å². The molecule has 0 radical (unpaired) electrons. The van der Waals surface area contributed by atoms with Crippen molar-refractivity contribution >= 4 is 22.6 Å². The number of pyridine rings is 1. The summed E-state index contributed by atoms with van der Waals surface area (Å²) in [4.78, 5) is 16.8. The molecule has 0 unspecified atom stereocenters. The molecule has 1 amide bonds. The number of nitrogens with one attached hydrogen (secondary N) is 2. The van der Waals surface area contributed by atoms with Gasteiger partial charge in [-0.2, -0.15) is 5.10 Å². The smallest absolute Gasteiger partial charge is 0.255 e. The van der Waals surface area contributed by atoms with Gasteiger partial charge in [-0.3, -0.25) is 9.89 Å². The number of anilines is 1. The quantitative estimate of drug-likeness (QED) is 0.603. The van der Waals surface area contributed by atoms with Crippen molar-refractivity contribution in [2.24, 2.45) is 0 Å². The van der Waals surface area contributed by atoms with Gasteiger partial charge in [0.25, 0.3) is 5.91 Å². The van der Waals surface area contributed by atoms with E-state index in [2.05, 4.69) is 20.5 Å². The molecule has 0 saturated heterocycles. The molecule has 0 fully saturated rings. The zero-order valence-corrected chi connectivity index (χ0v) is 12.7. The van der Waals surface area contributed by atoms with Gasteiger partial charge < -0.3 is 5.32 Å². The van der Waals surface area contributed by atoms with Crippen LogP contribution in [0.25, 0.3) is 22.2 Å². The van der Waals surface area contributed by atoms with Gasteiger partial charge in [0.15, 0.2) is 5.65 Å². The fraction of sp³-hybridized carbons (Fsp3) is 0. The van der Waals surface area contributed by atoms with Gasteiger partial charge in [0, 0.05) is 11.8 Å². The zero-order valence-electron chi connectivity index (χ0n) is 12.7. The number of nitrogens with zero attached hydrogens (tertiary/aromatic N) is 2. The Bertz CT molecular complexity index is 1010. The minimum atomic E-state index is -0.165. The van der Waals surface area contributed by atoms with Crippen LogP contribution in [-0.4, -0.2) is 21.1 Å². The van der Waals surface area contributed by atoms with Crippen molar-refractivity contribution in [3.05, 3.63) is 78.6 Å². The number of rotatable bonds is 3. The number of hydrogen-bond donors (Lipinski definition) is 2. The summed E-state index contributed by atoms with van der Waals surface area (Å²) in [7, 11) is 0. The van der Waals surface area contributed by atoms with Gasteiger partial charge in [-0.1, -0.05) is 42.5 Å². The Morgan fingerprint density at radius 2 is 1.79 bits per heavy atom. The topological polar surface area (TPSA) is 70.7 Å². The monoisotopic (exact) mass is 314 g/mol. The van der Waals surface area contributed by atoms with Crippen molar-refractivity contribution in [2.45, 2.75) is 0 Å². The maximum absolute atomic E-state index is 12.6. The lowest BCUT2D eigenvalue weighted by Gasteiger charge is -2.08. The third kappa shape index (κ3) is 2.63. The second-order valence-corrected chi connectivity index (χ2v) is 5.39. The van der Waals surface area contributed by atoms with Gasteiger partial charge in [0.05, 0.1) is 17.3 Å². The first-order valence-corrected chi connectivity index (χ1v) is 7.56. The average molecular weight is 314 g/mol. The lowest BCUT2D eigenvalue weighted by molar-refractivity contribution is 0.102. The Balaban J connectivity index is 1.64. The summed E-state index contributed by atoms with van der Waals surface area (Å²) in [6, 6.07) is 19.3. The van der Waals surface area contributed by atoms with E-state index >= 15 is 0 Å². The van der Waals surface area contributed by atoms with Crippen molar-refractivity contribution in [2.75, 3.05) is 5.32 Å². The van der Waals surface area contributed by atoms with Crippen LogP contribution in [0.15, 0.2) is 73.1 Å². The van der Waals surface area contributed by atoms with Crippen LogP contribution in [0.3, 0.4) is 0 Å². The highest BCUT2D eigenvalue weighted by molar-refractivity contribution is 6.08. The lowest BCUT2D eigenvalue weighted by Crippen LogP contribution is -2.12. The van der Waals surface area contributed by atoms with E-state index in [0.717, 1.165) is 16.5 Å². The molecule has 0 saturated carbocycles. The first-order chi connectivity index (χ1) is 11.8. The largest absolute Gasteiger partial charge is 0.321 e. The maximum Gasteiger partial charge on any atom is 0.255 e. The first-order valence-electron chi connectivity index (χ1n) is 7.56. The van der Waals surface area contributed by atoms with Crippen LogP contribution in [0.1, 0.15) is 10.4 Å². The Kier molecular flexibility index (Phi) is 3.51. The summed E-state index contributed by atoms with van der Waals surface area (Å²) in [6.07, 6.45) is 3.29. The van der Waals surface area contributed by atoms with Crippen molar-refractivity contribution in [1.82, 2.24) is 15.2 Å². The second-order valence-electron chi connectivity index (χ2n) is 5.39. The molecule has 2 aromatic heterocycles. The average Bonchev–Trinajstić information content (AvgIpc) is 3.12. The minimum Gasteiger partial charge on any atom is -0.321 e. The predicted octanol–water partition coefficient (Wildman–Crippen LogP) is 3.88. The van der Waals surface area contributed by atoms with E-state index < -0.39 is 0 Å². The molecule has 0 bridgehead atoms. The fourth-order valence-corrected chi connectivity index (χ4v) is 2.63. The molecule has 5 heteroatoms. The molecule has 0 aliphatic rings. The highest BCUT2D eigenvalue weighted by Gasteiger charge is 2.10. The Hall–Kier alpha value is -3.47. The number of amides is 1. The van der Waals surface area contributed by atoms with Crippen LogP contribution in [0.2, 0.25) is 0 Å². The summed E-state index contributed by atoms with van der Waals surface area (Å²) >= 11 is 0. The summed E-state index contributed by atoms with van der Waals surface area (Å²) in [6.45, 7) is 0. The van der Waals surface area contributed by atoms with Crippen LogP contribution >= 0.6 is 0 Å². The zero-order chi connectivity index (χ0) is 16.4. The molecule has 4 rings (SSSR count). The van der Waals surface area contributed by atoms with Gasteiger partial charge in [0.1, 0.15) is 0 Å². The van der Waals surface area contributed by atoms with E-state index in [1.54, 1.807) is 24.5 Å². The van der Waals surface area contributed by atoms with Crippen LogP contribution in [0, 0.1) is 0 Å². The molecular weight excluding hydrogens is 300 g/mol. The molecule has 4 aromatic rings. The van der Waals surface area contributed by atoms with Crippen molar-refractivity contribution in [3.8, 4) is 11.1 Å². The van der Waals surface area contributed by atoms with Crippen LogP contribution in [0.4, 0.5) is 5.69 Å². The van der Waals surface area contributed by atoms with E-state index in [1.165, 1.54) is 0 Å². The molecule has 0 aliphatic heterocycles. The standard InChI is InChI=1S/C19H14N4O/c24-19(22-17-9-10-20-18-16(17)12-21-23-18)15-8-4-7-14(11-15)13-5-2-1-3-6-13/h1-12H,(H2,20,21,22,23,24). The molecule has 0 spiro atoms. The van der Waals surface area contributed by atoms with Gasteiger partial charge >= 0.3 is 0 Å². The van der Waals surface area contributed by atoms with E-state index in [-0.39, 0.29) is 5.91 Å². The number of fused-ring (bicyclic) bond motifs is 1.